The fourth-order valence-corrected chi connectivity index (χ4v) is 3.53. The molecule has 0 aliphatic carbocycles. The van der Waals surface area contributed by atoms with Crippen LogP contribution < -0.4 is 0 Å². The number of carboxylic acids is 1. The number of para-hydroxylation sites is 1. The van der Waals surface area contributed by atoms with Crippen LogP contribution in [0, 0.1) is 0 Å². The molecule has 0 bridgehead atoms. The minimum Gasteiger partial charge on any atom is -0.478 e. The number of hydrogen-bond acceptors (Lipinski definition) is 1. The Morgan fingerprint density at radius 2 is 1.57 bits per heavy atom. The molecule has 4 rings (SSSR count). The van der Waals surface area contributed by atoms with Gasteiger partial charge in [-0.2, -0.15) is 13.2 Å². The zero-order valence-electron chi connectivity index (χ0n) is 14.7. The first kappa shape index (κ1) is 18.1. The lowest BCUT2D eigenvalue weighted by Gasteiger charge is -2.10. The molecule has 0 aliphatic rings. The van der Waals surface area contributed by atoms with E-state index in [9.17, 15) is 23.1 Å². The number of aromatic nitrogens is 1. The molecular formula is C22H16F3NO2. The molecule has 0 unspecified atom stereocenters. The van der Waals surface area contributed by atoms with Gasteiger partial charge in [0.2, 0.25) is 0 Å². The predicted molar refractivity (Wildman–Crippen MR) is 102 cm³/mol. The molecule has 142 valence electrons. The fourth-order valence-electron chi connectivity index (χ4n) is 3.53. The minimum absolute atomic E-state index is 0.221. The van der Waals surface area contributed by atoms with Crippen LogP contribution in [0.5, 0.6) is 0 Å². The van der Waals surface area contributed by atoms with Crippen LogP contribution in [0.1, 0.15) is 21.5 Å². The van der Waals surface area contributed by atoms with E-state index in [1.807, 2.05) is 24.3 Å². The van der Waals surface area contributed by atoms with E-state index in [4.69, 9.17) is 0 Å². The van der Waals surface area contributed by atoms with Crippen LogP contribution >= 0.6 is 0 Å². The van der Waals surface area contributed by atoms with Gasteiger partial charge in [0.25, 0.3) is 0 Å². The van der Waals surface area contributed by atoms with E-state index in [0.717, 1.165) is 39.5 Å². The van der Waals surface area contributed by atoms with Crippen LogP contribution in [-0.2, 0) is 19.1 Å². The molecule has 1 N–H and O–H groups in total. The Morgan fingerprint density at radius 3 is 2.25 bits per heavy atom. The fraction of sp³-hybridized carbons (Fsp3) is 0.136. The maximum absolute atomic E-state index is 12.7. The Morgan fingerprint density at radius 1 is 0.893 bits per heavy atom. The van der Waals surface area contributed by atoms with Gasteiger partial charge >= 0.3 is 12.1 Å². The van der Waals surface area contributed by atoms with Crippen LogP contribution in [0.2, 0.25) is 0 Å². The Hall–Kier alpha value is -3.28. The second kappa shape index (κ2) is 6.71. The molecule has 0 spiro atoms. The van der Waals surface area contributed by atoms with Crippen molar-refractivity contribution in [1.29, 1.82) is 0 Å². The number of fused-ring (bicyclic) bond motifs is 3. The molecule has 3 nitrogen and oxygen atoms in total. The number of carbonyl (C=O) groups is 1. The molecule has 6 heteroatoms. The lowest BCUT2D eigenvalue weighted by atomic mass is 10.1. The van der Waals surface area contributed by atoms with Crippen LogP contribution in [-0.4, -0.2) is 15.6 Å². The molecule has 0 radical (unpaired) electrons. The van der Waals surface area contributed by atoms with Crippen LogP contribution in [0.3, 0.4) is 0 Å². The Bertz CT molecular complexity index is 1170. The van der Waals surface area contributed by atoms with Gasteiger partial charge in [-0.15, -0.1) is 0 Å². The van der Waals surface area contributed by atoms with E-state index >= 15 is 0 Å². The first-order valence-electron chi connectivity index (χ1n) is 8.75. The predicted octanol–water partition coefficient (Wildman–Crippen LogP) is 5.75. The van der Waals surface area contributed by atoms with Crippen molar-refractivity contribution in [1.82, 2.24) is 4.57 Å². The molecular weight excluding hydrogens is 367 g/mol. The first-order valence-corrected chi connectivity index (χ1v) is 8.75. The van der Waals surface area contributed by atoms with Gasteiger partial charge in [-0.05, 0) is 48.4 Å². The van der Waals surface area contributed by atoms with Crippen molar-refractivity contribution in [3.05, 3.63) is 83.4 Å². The highest BCUT2D eigenvalue weighted by Crippen LogP contribution is 2.31. The summed E-state index contributed by atoms with van der Waals surface area (Å²) in [5.41, 5.74) is 2.23. The van der Waals surface area contributed by atoms with Gasteiger partial charge in [0, 0.05) is 28.4 Å². The zero-order chi connectivity index (χ0) is 19.9. The monoisotopic (exact) mass is 383 g/mol. The van der Waals surface area contributed by atoms with Gasteiger partial charge < -0.3 is 9.67 Å². The Labute approximate surface area is 158 Å². The zero-order valence-corrected chi connectivity index (χ0v) is 14.7. The second-order valence-corrected chi connectivity index (χ2v) is 6.65. The highest BCUT2D eigenvalue weighted by molar-refractivity contribution is 6.10. The summed E-state index contributed by atoms with van der Waals surface area (Å²) in [6, 6.07) is 17.9. The van der Waals surface area contributed by atoms with Gasteiger partial charge in [0.1, 0.15) is 0 Å². The van der Waals surface area contributed by atoms with E-state index < -0.39 is 17.7 Å². The number of halogens is 3. The summed E-state index contributed by atoms with van der Waals surface area (Å²) >= 11 is 0. The quantitative estimate of drug-likeness (QED) is 0.487. The maximum atomic E-state index is 12.7. The first-order chi connectivity index (χ1) is 13.3. The molecule has 0 aliphatic heterocycles. The van der Waals surface area contributed by atoms with Gasteiger partial charge in [0.05, 0.1) is 11.1 Å². The summed E-state index contributed by atoms with van der Waals surface area (Å²) in [5, 5.41) is 11.1. The van der Waals surface area contributed by atoms with Crippen molar-refractivity contribution < 1.29 is 23.1 Å². The number of nitrogens with zero attached hydrogens (tertiary/aromatic N) is 1. The average Bonchev–Trinajstić information content (AvgIpc) is 2.99. The topological polar surface area (TPSA) is 42.2 Å². The lowest BCUT2D eigenvalue weighted by Crippen LogP contribution is -2.05. The molecule has 1 aromatic heterocycles. The number of aromatic carboxylic acids is 1. The molecule has 0 fully saturated rings. The van der Waals surface area contributed by atoms with E-state index in [-0.39, 0.29) is 5.56 Å². The molecule has 0 saturated carbocycles. The summed E-state index contributed by atoms with van der Waals surface area (Å²) in [5.74, 6) is -0.983. The summed E-state index contributed by atoms with van der Waals surface area (Å²) in [4.78, 5) is 11.3. The van der Waals surface area contributed by atoms with Crippen LogP contribution in [0.15, 0.2) is 66.7 Å². The normalized spacial score (nSPS) is 12.0. The third kappa shape index (κ3) is 3.22. The molecule has 28 heavy (non-hydrogen) atoms. The van der Waals surface area contributed by atoms with Gasteiger partial charge in [-0.25, -0.2) is 4.79 Å². The number of benzene rings is 3. The second-order valence-electron chi connectivity index (χ2n) is 6.65. The summed E-state index contributed by atoms with van der Waals surface area (Å²) < 4.78 is 40.2. The van der Waals surface area contributed by atoms with Crippen molar-refractivity contribution in [2.24, 2.45) is 0 Å². The standard InChI is InChI=1S/C22H16F3NO2/c23-22(24,25)16-8-5-14(6-9-16)11-12-26-19-4-2-1-3-17(19)18-13-15(21(27)28)7-10-20(18)26/h1-10,13H,11-12H2,(H,27,28). The van der Waals surface area contributed by atoms with E-state index in [2.05, 4.69) is 4.57 Å². The average molecular weight is 383 g/mol. The highest BCUT2D eigenvalue weighted by Gasteiger charge is 2.29. The number of alkyl halides is 3. The molecule has 4 aromatic rings. The van der Waals surface area contributed by atoms with E-state index in [1.165, 1.54) is 12.1 Å². The van der Waals surface area contributed by atoms with Crippen LogP contribution in [0.25, 0.3) is 21.8 Å². The Kier molecular flexibility index (Phi) is 4.34. The van der Waals surface area contributed by atoms with Crippen molar-refractivity contribution in [2.45, 2.75) is 19.1 Å². The third-order valence-corrected chi connectivity index (χ3v) is 4.92. The molecule has 3 aromatic carbocycles. The Balaban J connectivity index is 1.71. The number of carboxylic acid groups (broad SMARTS) is 1. The molecule has 0 atom stereocenters. The highest BCUT2D eigenvalue weighted by atomic mass is 19.4. The summed E-state index contributed by atoms with van der Waals surface area (Å²) in [7, 11) is 0. The molecule has 0 saturated heterocycles. The molecule has 1 heterocycles. The van der Waals surface area contributed by atoms with Crippen LogP contribution in [0.4, 0.5) is 13.2 Å². The summed E-state index contributed by atoms with van der Waals surface area (Å²) in [6.45, 7) is 0.571. The van der Waals surface area contributed by atoms with Crippen molar-refractivity contribution in [3.63, 3.8) is 0 Å². The lowest BCUT2D eigenvalue weighted by molar-refractivity contribution is -0.137. The van der Waals surface area contributed by atoms with Crippen molar-refractivity contribution in [2.75, 3.05) is 0 Å². The SMILES string of the molecule is O=C(O)c1ccc2c(c1)c1ccccc1n2CCc1ccc(C(F)(F)F)cc1. The number of hydrogen-bond donors (Lipinski definition) is 1. The molecule has 0 amide bonds. The van der Waals surface area contributed by atoms with E-state index in [0.29, 0.717) is 13.0 Å². The van der Waals surface area contributed by atoms with Crippen molar-refractivity contribution in [3.8, 4) is 0 Å². The maximum Gasteiger partial charge on any atom is 0.416 e. The number of aryl methyl sites for hydroxylation is 2. The largest absolute Gasteiger partial charge is 0.478 e. The van der Waals surface area contributed by atoms with Gasteiger partial charge in [0.15, 0.2) is 0 Å². The third-order valence-electron chi connectivity index (χ3n) is 4.92. The minimum atomic E-state index is -4.34. The van der Waals surface area contributed by atoms with Gasteiger partial charge in [-0.1, -0.05) is 30.3 Å². The summed E-state index contributed by atoms with van der Waals surface area (Å²) in [6.07, 6.45) is -3.78. The number of rotatable bonds is 4. The van der Waals surface area contributed by atoms with Crippen molar-refractivity contribution >= 4 is 27.8 Å². The van der Waals surface area contributed by atoms with E-state index in [1.54, 1.807) is 18.2 Å². The smallest absolute Gasteiger partial charge is 0.416 e. The van der Waals surface area contributed by atoms with Gasteiger partial charge in [-0.3, -0.25) is 0 Å².